The van der Waals surface area contributed by atoms with Crippen LogP contribution in [0.5, 0.6) is 0 Å². The fourth-order valence-electron chi connectivity index (χ4n) is 4.97. The zero-order chi connectivity index (χ0) is 25.1. The van der Waals surface area contributed by atoms with Crippen molar-refractivity contribution in [3.63, 3.8) is 0 Å². The highest BCUT2D eigenvalue weighted by molar-refractivity contribution is 6.26. The van der Waals surface area contributed by atoms with Gasteiger partial charge in [-0.25, -0.2) is 13.8 Å². The summed E-state index contributed by atoms with van der Waals surface area (Å²) in [6.07, 6.45) is 0. The number of rotatable bonds is 4. The third-order valence-electron chi connectivity index (χ3n) is 6.74. The summed E-state index contributed by atoms with van der Waals surface area (Å²) >= 11 is 0. The highest BCUT2D eigenvalue weighted by Crippen LogP contribution is 2.42. The molecule has 6 rings (SSSR count). The van der Waals surface area contributed by atoms with E-state index in [0.29, 0.717) is 34.7 Å². The van der Waals surface area contributed by atoms with Gasteiger partial charge in [0.25, 0.3) is 5.91 Å². The topological polar surface area (TPSA) is 81.1 Å². The van der Waals surface area contributed by atoms with Crippen LogP contribution in [-0.4, -0.2) is 10.9 Å². The summed E-state index contributed by atoms with van der Waals surface area (Å²) in [7, 11) is 0. The average molecular weight is 482 g/mol. The molecule has 2 bridgehead atoms. The predicted molar refractivity (Wildman–Crippen MR) is 137 cm³/mol. The molecule has 3 aromatic carbocycles. The molecule has 5 nitrogen and oxygen atoms in total. The molecule has 0 aliphatic heterocycles. The SMILES string of the molecule is Cc1cc(N)nc(C)c1CNC(=O)c1ccc2c(c1)c1oc2c2cc(-c3c(F)cccc3F)ccc21. The number of nitrogens with zero attached hydrogens (tertiary/aromatic N) is 1. The smallest absolute Gasteiger partial charge is 0.251 e. The van der Waals surface area contributed by atoms with E-state index in [1.165, 1.54) is 18.2 Å². The number of hydrogen-bond donors (Lipinski definition) is 2. The van der Waals surface area contributed by atoms with E-state index in [0.717, 1.165) is 38.4 Å². The summed E-state index contributed by atoms with van der Waals surface area (Å²) in [4.78, 5) is 17.2. The van der Waals surface area contributed by atoms with Crippen LogP contribution in [0.15, 0.2) is 65.1 Å². The van der Waals surface area contributed by atoms with Gasteiger partial charge in [0, 0.05) is 39.3 Å². The van der Waals surface area contributed by atoms with E-state index in [1.807, 2.05) is 19.9 Å². The lowest BCUT2D eigenvalue weighted by Gasteiger charge is -2.11. The van der Waals surface area contributed by atoms with Crippen LogP contribution in [0.2, 0.25) is 0 Å². The van der Waals surface area contributed by atoms with Gasteiger partial charge in [0.05, 0.1) is 5.56 Å². The first kappa shape index (κ1) is 22.0. The van der Waals surface area contributed by atoms with Crippen LogP contribution in [0, 0.1) is 25.5 Å². The van der Waals surface area contributed by atoms with Crippen molar-refractivity contribution in [1.82, 2.24) is 10.3 Å². The number of pyridine rings is 1. The summed E-state index contributed by atoms with van der Waals surface area (Å²) in [6, 6.07) is 16.2. The van der Waals surface area contributed by atoms with Crippen molar-refractivity contribution in [3.05, 3.63) is 94.7 Å². The Labute approximate surface area is 204 Å². The summed E-state index contributed by atoms with van der Waals surface area (Å²) in [6.45, 7) is 4.14. The molecule has 0 radical (unpaired) electrons. The molecule has 0 aliphatic carbocycles. The maximum Gasteiger partial charge on any atom is 0.251 e. The lowest BCUT2D eigenvalue weighted by Crippen LogP contribution is -2.24. The molecule has 3 aromatic heterocycles. The van der Waals surface area contributed by atoms with E-state index < -0.39 is 11.6 Å². The number of nitrogens with two attached hydrogens (primary N) is 1. The van der Waals surface area contributed by atoms with Crippen LogP contribution in [0.4, 0.5) is 14.6 Å². The van der Waals surface area contributed by atoms with Crippen molar-refractivity contribution in [2.24, 2.45) is 0 Å². The van der Waals surface area contributed by atoms with Gasteiger partial charge in [-0.05, 0) is 79.1 Å². The lowest BCUT2D eigenvalue weighted by molar-refractivity contribution is 0.0951. The molecule has 6 aromatic rings. The van der Waals surface area contributed by atoms with Crippen molar-refractivity contribution in [3.8, 4) is 11.1 Å². The summed E-state index contributed by atoms with van der Waals surface area (Å²) < 4.78 is 34.7. The van der Waals surface area contributed by atoms with Crippen molar-refractivity contribution in [1.29, 1.82) is 0 Å². The molecule has 0 saturated heterocycles. The minimum atomic E-state index is -0.618. The molecule has 3 N–H and O–H groups in total. The average Bonchev–Trinajstić information content (AvgIpc) is 3.40. The largest absolute Gasteiger partial charge is 0.455 e. The van der Waals surface area contributed by atoms with E-state index in [9.17, 15) is 13.6 Å². The summed E-state index contributed by atoms with van der Waals surface area (Å²) in [5.74, 6) is -0.997. The van der Waals surface area contributed by atoms with Gasteiger partial charge in [0.15, 0.2) is 0 Å². The number of hydrogen-bond acceptors (Lipinski definition) is 4. The first-order valence-corrected chi connectivity index (χ1v) is 11.5. The minimum absolute atomic E-state index is 0.0670. The third kappa shape index (κ3) is 3.35. The number of nitrogens with one attached hydrogen (secondary N) is 1. The Kier molecular flexibility index (Phi) is 4.89. The van der Waals surface area contributed by atoms with Crippen molar-refractivity contribution in [2.75, 3.05) is 5.73 Å². The molecule has 0 unspecified atom stereocenters. The number of aryl methyl sites for hydroxylation is 2. The van der Waals surface area contributed by atoms with E-state index in [2.05, 4.69) is 10.3 Å². The zero-order valence-electron chi connectivity index (χ0n) is 19.6. The van der Waals surface area contributed by atoms with Gasteiger partial charge in [-0.15, -0.1) is 0 Å². The predicted octanol–water partition coefficient (Wildman–Crippen LogP) is 6.65. The molecule has 0 atom stereocenters. The van der Waals surface area contributed by atoms with Gasteiger partial charge in [-0.1, -0.05) is 12.1 Å². The normalized spacial score (nSPS) is 11.7. The molecule has 0 fully saturated rings. The first-order valence-electron chi connectivity index (χ1n) is 11.5. The molecule has 0 saturated carbocycles. The number of nitrogen functional groups attached to an aromatic ring is 1. The maximum absolute atomic E-state index is 14.3. The van der Waals surface area contributed by atoms with Crippen molar-refractivity contribution < 1.29 is 18.0 Å². The number of carbonyl (C=O) groups excluding carboxylic acids is 1. The quantitative estimate of drug-likeness (QED) is 0.276. The molecule has 1 amide bonds. The highest BCUT2D eigenvalue weighted by Gasteiger charge is 2.21. The number of halogens is 2. The van der Waals surface area contributed by atoms with E-state index in [1.54, 1.807) is 36.4 Å². The molecular weight excluding hydrogens is 460 g/mol. The maximum atomic E-state index is 14.3. The Bertz CT molecular complexity index is 1780. The van der Waals surface area contributed by atoms with E-state index >= 15 is 0 Å². The van der Waals surface area contributed by atoms with Crippen molar-refractivity contribution in [2.45, 2.75) is 20.4 Å². The van der Waals surface area contributed by atoms with E-state index in [4.69, 9.17) is 10.2 Å². The number of fused-ring (bicyclic) bond motifs is 8. The van der Waals surface area contributed by atoms with Gasteiger partial charge in [0.2, 0.25) is 0 Å². The number of aromatic nitrogens is 1. The second-order valence-electron chi connectivity index (χ2n) is 8.99. The standard InChI is InChI=1S/C29H21F2N3O2/c1-14-10-25(32)34-15(2)22(14)13-33-29(35)17-7-9-19-21(12-17)28-18-8-6-16(11-20(18)27(19)36-28)26-23(30)4-3-5-24(26)31/h3-12H,13H2,1-2H3,(H2,32,34)(H,33,35). The summed E-state index contributed by atoms with van der Waals surface area (Å²) in [5.41, 5.74) is 10.6. The number of carbonyl (C=O) groups is 1. The molecule has 7 heteroatoms. The Morgan fingerprint density at radius 3 is 2.28 bits per heavy atom. The molecule has 3 heterocycles. The second-order valence-corrected chi connectivity index (χ2v) is 8.99. The molecule has 36 heavy (non-hydrogen) atoms. The number of amides is 1. The first-order chi connectivity index (χ1) is 17.3. The molecule has 0 spiro atoms. The monoisotopic (exact) mass is 481 g/mol. The Balaban J connectivity index is 1.35. The Morgan fingerprint density at radius 2 is 1.58 bits per heavy atom. The molecule has 0 aliphatic rings. The number of anilines is 1. The van der Waals surface area contributed by atoms with E-state index in [-0.39, 0.29) is 11.5 Å². The molecular formula is C29H21F2N3O2. The minimum Gasteiger partial charge on any atom is -0.455 e. The van der Waals surface area contributed by atoms with Gasteiger partial charge in [-0.3, -0.25) is 4.79 Å². The molecule has 178 valence electrons. The van der Waals surface area contributed by atoms with Gasteiger partial charge in [0.1, 0.15) is 28.6 Å². The van der Waals surface area contributed by atoms with Crippen LogP contribution in [0.1, 0.15) is 27.2 Å². The van der Waals surface area contributed by atoms with Crippen molar-refractivity contribution >= 4 is 44.4 Å². The lowest BCUT2D eigenvalue weighted by atomic mass is 9.97. The van der Waals surface area contributed by atoms with Gasteiger partial charge >= 0.3 is 0 Å². The summed E-state index contributed by atoms with van der Waals surface area (Å²) in [5, 5.41) is 6.22. The Hall–Kier alpha value is -4.52. The van der Waals surface area contributed by atoms with Crippen LogP contribution in [-0.2, 0) is 6.54 Å². The second kappa shape index (κ2) is 8.02. The van der Waals surface area contributed by atoms with Gasteiger partial charge in [-0.2, -0.15) is 0 Å². The number of benzene rings is 4. The fourth-order valence-corrected chi connectivity index (χ4v) is 4.97. The third-order valence-corrected chi connectivity index (χ3v) is 6.74. The number of furan rings is 2. The fraction of sp³-hybridized carbons (Fsp3) is 0.103. The zero-order valence-corrected chi connectivity index (χ0v) is 19.6. The van der Waals surface area contributed by atoms with Crippen LogP contribution < -0.4 is 11.1 Å². The van der Waals surface area contributed by atoms with Crippen LogP contribution in [0.3, 0.4) is 0 Å². The highest BCUT2D eigenvalue weighted by atomic mass is 19.1. The van der Waals surface area contributed by atoms with Crippen LogP contribution >= 0.6 is 0 Å². The van der Waals surface area contributed by atoms with Crippen LogP contribution in [0.25, 0.3) is 43.8 Å². The Morgan fingerprint density at radius 1 is 0.917 bits per heavy atom. The van der Waals surface area contributed by atoms with Gasteiger partial charge < -0.3 is 15.5 Å².